The molecular weight excluding hydrogens is 238 g/mol. The van der Waals surface area contributed by atoms with Gasteiger partial charge in [0, 0.05) is 19.1 Å². The fourth-order valence-electron chi connectivity index (χ4n) is 1.92. The van der Waals surface area contributed by atoms with Gasteiger partial charge in [-0.05, 0) is 38.9 Å². The van der Waals surface area contributed by atoms with E-state index in [1.165, 1.54) is 5.56 Å². The van der Waals surface area contributed by atoms with Crippen molar-refractivity contribution in [3.8, 4) is 0 Å². The number of hydrogen-bond donors (Lipinski definition) is 2. The number of carbonyl (C=O) groups excluding carboxylic acids is 1. The number of carbonyl (C=O) groups is 1. The van der Waals surface area contributed by atoms with Crippen molar-refractivity contribution in [3.63, 3.8) is 0 Å². The first-order chi connectivity index (χ1) is 8.95. The van der Waals surface area contributed by atoms with Gasteiger partial charge in [0.25, 0.3) is 0 Å². The van der Waals surface area contributed by atoms with E-state index >= 15 is 0 Å². The molecule has 3 N–H and O–H groups in total. The third kappa shape index (κ3) is 4.65. The van der Waals surface area contributed by atoms with Gasteiger partial charge in [-0.1, -0.05) is 24.3 Å². The lowest BCUT2D eigenvalue weighted by Gasteiger charge is -2.25. The normalized spacial score (nSPS) is 12.8. The van der Waals surface area contributed by atoms with Gasteiger partial charge in [0.05, 0.1) is 6.04 Å². The number of nitrogens with zero attached hydrogens (tertiary/aromatic N) is 1. The molecule has 0 aliphatic heterocycles. The van der Waals surface area contributed by atoms with E-state index in [4.69, 9.17) is 5.73 Å². The van der Waals surface area contributed by atoms with E-state index in [1.807, 2.05) is 50.9 Å². The molecule has 0 saturated heterocycles. The van der Waals surface area contributed by atoms with E-state index in [-0.39, 0.29) is 18.0 Å². The molecule has 1 aromatic carbocycles. The highest BCUT2D eigenvalue weighted by Crippen LogP contribution is 2.12. The van der Waals surface area contributed by atoms with E-state index in [0.29, 0.717) is 6.54 Å². The highest BCUT2D eigenvalue weighted by molar-refractivity contribution is 5.81. The van der Waals surface area contributed by atoms with E-state index in [0.717, 1.165) is 12.1 Å². The van der Waals surface area contributed by atoms with Gasteiger partial charge in [-0.15, -0.1) is 0 Å². The number of amides is 1. The van der Waals surface area contributed by atoms with Crippen molar-refractivity contribution >= 4 is 5.91 Å². The van der Waals surface area contributed by atoms with Crippen molar-refractivity contribution in [1.29, 1.82) is 0 Å². The summed E-state index contributed by atoms with van der Waals surface area (Å²) in [5.74, 6) is 0.0581. The predicted molar refractivity (Wildman–Crippen MR) is 78.5 cm³/mol. The Morgan fingerprint density at radius 3 is 2.37 bits per heavy atom. The summed E-state index contributed by atoms with van der Waals surface area (Å²) < 4.78 is 0. The van der Waals surface area contributed by atoms with Crippen LogP contribution in [0.15, 0.2) is 24.3 Å². The standard InChI is InChI=1S/C15H25N3O/c1-11(2)17-15(19)12(3)18(4)10-14-8-6-5-7-13(14)9-16/h5-8,11-12H,9-10,16H2,1-4H3,(H,17,19). The average molecular weight is 263 g/mol. The topological polar surface area (TPSA) is 58.4 Å². The molecule has 1 atom stereocenters. The number of nitrogens with one attached hydrogen (secondary N) is 1. The molecule has 1 aromatic rings. The summed E-state index contributed by atoms with van der Waals surface area (Å²) in [5.41, 5.74) is 8.04. The van der Waals surface area contributed by atoms with Crippen LogP contribution in [0.4, 0.5) is 0 Å². The Morgan fingerprint density at radius 1 is 1.26 bits per heavy atom. The van der Waals surface area contributed by atoms with Crippen molar-refractivity contribution in [2.75, 3.05) is 7.05 Å². The van der Waals surface area contributed by atoms with Crippen LogP contribution >= 0.6 is 0 Å². The molecule has 0 aromatic heterocycles. The maximum absolute atomic E-state index is 12.0. The van der Waals surface area contributed by atoms with Gasteiger partial charge in [0.1, 0.15) is 0 Å². The van der Waals surface area contributed by atoms with Crippen molar-refractivity contribution < 1.29 is 4.79 Å². The Morgan fingerprint density at radius 2 is 1.84 bits per heavy atom. The molecule has 1 rings (SSSR count). The van der Waals surface area contributed by atoms with Gasteiger partial charge < -0.3 is 11.1 Å². The lowest BCUT2D eigenvalue weighted by molar-refractivity contribution is -0.126. The summed E-state index contributed by atoms with van der Waals surface area (Å²) in [6.07, 6.45) is 0. The molecule has 0 fully saturated rings. The lowest BCUT2D eigenvalue weighted by Crippen LogP contribution is -2.45. The summed E-state index contributed by atoms with van der Waals surface area (Å²) in [6.45, 7) is 7.10. The van der Waals surface area contributed by atoms with Crippen molar-refractivity contribution in [1.82, 2.24) is 10.2 Å². The second-order valence-corrected chi connectivity index (χ2v) is 5.23. The van der Waals surface area contributed by atoms with Crippen LogP contribution in [-0.2, 0) is 17.9 Å². The molecule has 0 aliphatic carbocycles. The van der Waals surface area contributed by atoms with Crippen molar-refractivity contribution in [2.24, 2.45) is 5.73 Å². The molecule has 4 heteroatoms. The van der Waals surface area contributed by atoms with Crippen LogP contribution in [0, 0.1) is 0 Å². The third-order valence-corrected chi connectivity index (χ3v) is 3.23. The van der Waals surface area contributed by atoms with Crippen molar-refractivity contribution in [3.05, 3.63) is 35.4 Å². The minimum Gasteiger partial charge on any atom is -0.353 e. The molecule has 4 nitrogen and oxygen atoms in total. The molecular formula is C15H25N3O. The monoisotopic (exact) mass is 263 g/mol. The number of hydrogen-bond acceptors (Lipinski definition) is 3. The Labute approximate surface area is 116 Å². The van der Waals surface area contributed by atoms with Crippen LogP contribution in [0.5, 0.6) is 0 Å². The molecule has 19 heavy (non-hydrogen) atoms. The molecule has 1 amide bonds. The van der Waals surface area contributed by atoms with Crippen LogP contribution < -0.4 is 11.1 Å². The summed E-state index contributed by atoms with van der Waals surface area (Å²) in [7, 11) is 1.96. The Balaban J connectivity index is 2.68. The Bertz CT molecular complexity index is 418. The van der Waals surface area contributed by atoms with Crippen LogP contribution in [0.1, 0.15) is 31.9 Å². The van der Waals surface area contributed by atoms with Gasteiger partial charge in [-0.3, -0.25) is 9.69 Å². The van der Waals surface area contributed by atoms with Gasteiger partial charge in [-0.2, -0.15) is 0 Å². The first-order valence-electron chi connectivity index (χ1n) is 6.73. The van der Waals surface area contributed by atoms with E-state index in [2.05, 4.69) is 11.4 Å². The van der Waals surface area contributed by atoms with Gasteiger partial charge in [0.2, 0.25) is 5.91 Å². The summed E-state index contributed by atoms with van der Waals surface area (Å²) in [4.78, 5) is 14.0. The second-order valence-electron chi connectivity index (χ2n) is 5.23. The highest BCUT2D eigenvalue weighted by Gasteiger charge is 2.19. The van der Waals surface area contributed by atoms with Crippen LogP contribution in [0.2, 0.25) is 0 Å². The first-order valence-corrected chi connectivity index (χ1v) is 6.73. The fourth-order valence-corrected chi connectivity index (χ4v) is 1.92. The molecule has 106 valence electrons. The van der Waals surface area contributed by atoms with Crippen LogP contribution in [0.25, 0.3) is 0 Å². The smallest absolute Gasteiger partial charge is 0.237 e. The third-order valence-electron chi connectivity index (χ3n) is 3.23. The zero-order chi connectivity index (χ0) is 14.4. The zero-order valence-corrected chi connectivity index (χ0v) is 12.3. The van der Waals surface area contributed by atoms with E-state index < -0.39 is 0 Å². The molecule has 1 unspecified atom stereocenters. The van der Waals surface area contributed by atoms with Gasteiger partial charge in [-0.25, -0.2) is 0 Å². The minimum atomic E-state index is -0.159. The summed E-state index contributed by atoms with van der Waals surface area (Å²) in [5, 5.41) is 2.93. The van der Waals surface area contributed by atoms with Crippen LogP contribution in [0.3, 0.4) is 0 Å². The van der Waals surface area contributed by atoms with E-state index in [1.54, 1.807) is 0 Å². The van der Waals surface area contributed by atoms with Crippen LogP contribution in [-0.4, -0.2) is 29.9 Å². The van der Waals surface area contributed by atoms with Crippen molar-refractivity contribution in [2.45, 2.75) is 45.9 Å². The second kappa shape index (κ2) is 7.26. The molecule has 0 spiro atoms. The maximum Gasteiger partial charge on any atom is 0.237 e. The SMILES string of the molecule is CC(C)NC(=O)C(C)N(C)Cc1ccccc1CN. The quantitative estimate of drug-likeness (QED) is 0.817. The average Bonchev–Trinajstić information content (AvgIpc) is 2.37. The molecule has 0 saturated carbocycles. The van der Waals surface area contributed by atoms with Gasteiger partial charge in [0.15, 0.2) is 0 Å². The maximum atomic E-state index is 12.0. The molecule has 0 radical (unpaired) electrons. The summed E-state index contributed by atoms with van der Waals surface area (Å²) in [6, 6.07) is 8.09. The Hall–Kier alpha value is -1.39. The number of rotatable bonds is 6. The first kappa shape index (κ1) is 15.7. The number of nitrogens with two attached hydrogens (primary N) is 1. The lowest BCUT2D eigenvalue weighted by atomic mass is 10.1. The van der Waals surface area contributed by atoms with Gasteiger partial charge >= 0.3 is 0 Å². The molecule has 0 aliphatic rings. The largest absolute Gasteiger partial charge is 0.353 e. The molecule has 0 bridgehead atoms. The highest BCUT2D eigenvalue weighted by atomic mass is 16.2. The summed E-state index contributed by atoms with van der Waals surface area (Å²) >= 11 is 0. The fraction of sp³-hybridized carbons (Fsp3) is 0.533. The van der Waals surface area contributed by atoms with E-state index in [9.17, 15) is 4.79 Å². The zero-order valence-electron chi connectivity index (χ0n) is 12.3. The Kier molecular flexibility index (Phi) is 5.99. The number of likely N-dealkylation sites (N-methyl/N-ethyl adjacent to an activating group) is 1. The minimum absolute atomic E-state index is 0.0581. The molecule has 0 heterocycles. The number of benzene rings is 1. The predicted octanol–water partition coefficient (Wildman–Crippen LogP) is 1.49.